The number of nitrogens with zero attached hydrogens (tertiary/aromatic N) is 1. The summed E-state index contributed by atoms with van der Waals surface area (Å²) in [5.41, 5.74) is 5.81. The molecule has 0 atom stereocenters. The normalized spacial score (nSPS) is 12.5. The molecule has 4 nitrogen and oxygen atoms in total. The van der Waals surface area contributed by atoms with Crippen molar-refractivity contribution < 1.29 is 14.3 Å². The lowest BCUT2D eigenvalue weighted by Crippen LogP contribution is -2.33. The van der Waals surface area contributed by atoms with Gasteiger partial charge in [0.2, 0.25) is 0 Å². The number of benzene rings is 3. The second-order valence-electron chi connectivity index (χ2n) is 6.94. The molecule has 0 N–H and O–H groups in total. The number of anilines is 1. The minimum atomic E-state index is -0.490. The van der Waals surface area contributed by atoms with Gasteiger partial charge < -0.3 is 9.64 Å². The van der Waals surface area contributed by atoms with Crippen LogP contribution in [0.15, 0.2) is 72.8 Å². The van der Waals surface area contributed by atoms with E-state index in [2.05, 4.69) is 24.3 Å². The van der Waals surface area contributed by atoms with Crippen molar-refractivity contribution in [1.29, 1.82) is 0 Å². The molecule has 1 aliphatic rings. The molecule has 28 heavy (non-hydrogen) atoms. The van der Waals surface area contributed by atoms with Gasteiger partial charge in [-0.05, 0) is 48.2 Å². The Labute approximate surface area is 164 Å². The molecule has 3 aromatic carbocycles. The van der Waals surface area contributed by atoms with Gasteiger partial charge in [-0.15, -0.1) is 0 Å². The first kappa shape index (κ1) is 18.0. The Morgan fingerprint density at radius 2 is 1.54 bits per heavy atom. The molecule has 140 valence electrons. The Balaban J connectivity index is 1.38. The van der Waals surface area contributed by atoms with Crippen molar-refractivity contribution in [1.82, 2.24) is 0 Å². The zero-order chi connectivity index (χ0) is 19.5. The van der Waals surface area contributed by atoms with E-state index in [1.165, 1.54) is 5.56 Å². The lowest BCUT2D eigenvalue weighted by atomic mass is 10.0. The first-order valence-corrected chi connectivity index (χ1v) is 9.34. The number of rotatable bonds is 4. The van der Waals surface area contributed by atoms with Crippen molar-refractivity contribution in [2.45, 2.75) is 13.3 Å². The number of hydrogen-bond acceptors (Lipinski definition) is 3. The smallest absolute Gasteiger partial charge is 0.338 e. The summed E-state index contributed by atoms with van der Waals surface area (Å²) in [7, 11) is 0. The molecular formula is C24H21NO3. The molecule has 4 rings (SSSR count). The minimum absolute atomic E-state index is 0.199. The molecule has 0 saturated carbocycles. The summed E-state index contributed by atoms with van der Waals surface area (Å²) in [5.74, 6) is -0.689. The van der Waals surface area contributed by atoms with Crippen LogP contribution in [0.4, 0.5) is 5.69 Å². The highest BCUT2D eigenvalue weighted by Gasteiger charge is 2.25. The van der Waals surface area contributed by atoms with E-state index in [-0.39, 0.29) is 12.5 Å². The number of carbonyl (C=O) groups excluding carboxylic acids is 2. The number of aryl methyl sites for hydroxylation is 1. The SMILES string of the molecule is Cc1ccc(-c2ccc(C(=O)OCC(=O)N3CCc4ccccc43)cc2)cc1. The third-order valence-corrected chi connectivity index (χ3v) is 5.02. The Hall–Kier alpha value is -3.40. The molecule has 1 heterocycles. The van der Waals surface area contributed by atoms with Crippen molar-refractivity contribution in [3.63, 3.8) is 0 Å². The molecule has 0 aromatic heterocycles. The summed E-state index contributed by atoms with van der Waals surface area (Å²) < 4.78 is 5.25. The molecule has 0 saturated heterocycles. The third kappa shape index (κ3) is 3.67. The van der Waals surface area contributed by atoms with Gasteiger partial charge >= 0.3 is 5.97 Å². The highest BCUT2D eigenvalue weighted by atomic mass is 16.5. The van der Waals surface area contributed by atoms with Gasteiger partial charge in [0, 0.05) is 12.2 Å². The van der Waals surface area contributed by atoms with Crippen molar-refractivity contribution in [2.24, 2.45) is 0 Å². The number of hydrogen-bond donors (Lipinski definition) is 0. The van der Waals surface area contributed by atoms with E-state index in [9.17, 15) is 9.59 Å². The fourth-order valence-electron chi connectivity index (χ4n) is 3.43. The van der Waals surface area contributed by atoms with E-state index < -0.39 is 5.97 Å². The number of carbonyl (C=O) groups is 2. The molecule has 0 aliphatic carbocycles. The second-order valence-corrected chi connectivity index (χ2v) is 6.94. The Morgan fingerprint density at radius 3 is 2.25 bits per heavy atom. The minimum Gasteiger partial charge on any atom is -0.452 e. The standard InChI is InChI=1S/C24H21NO3/c1-17-6-8-18(9-7-17)19-10-12-21(13-11-19)24(27)28-16-23(26)25-15-14-20-4-2-3-5-22(20)25/h2-13H,14-16H2,1H3. The third-order valence-electron chi connectivity index (χ3n) is 5.02. The number of ether oxygens (including phenoxy) is 1. The van der Waals surface area contributed by atoms with Crippen LogP contribution in [0.3, 0.4) is 0 Å². The van der Waals surface area contributed by atoms with Gasteiger partial charge in [0.05, 0.1) is 5.56 Å². The first-order chi connectivity index (χ1) is 13.6. The molecule has 0 fully saturated rings. The Bertz CT molecular complexity index is 1010. The maximum absolute atomic E-state index is 12.5. The van der Waals surface area contributed by atoms with Crippen LogP contribution in [0.5, 0.6) is 0 Å². The van der Waals surface area contributed by atoms with E-state index in [0.29, 0.717) is 12.1 Å². The Morgan fingerprint density at radius 1 is 0.893 bits per heavy atom. The molecule has 0 unspecified atom stereocenters. The van der Waals surface area contributed by atoms with Crippen LogP contribution in [0, 0.1) is 6.92 Å². The van der Waals surface area contributed by atoms with E-state index in [1.807, 2.05) is 43.3 Å². The maximum atomic E-state index is 12.5. The summed E-state index contributed by atoms with van der Waals surface area (Å²) in [4.78, 5) is 26.5. The summed E-state index contributed by atoms with van der Waals surface area (Å²) in [5, 5.41) is 0. The van der Waals surface area contributed by atoms with Gasteiger partial charge in [-0.2, -0.15) is 0 Å². The Kier molecular flexibility index (Phi) is 4.94. The molecule has 1 amide bonds. The quantitative estimate of drug-likeness (QED) is 0.638. The van der Waals surface area contributed by atoms with Crippen molar-refractivity contribution in [2.75, 3.05) is 18.1 Å². The predicted octanol–water partition coefficient (Wildman–Crippen LogP) is 4.41. The molecule has 4 heteroatoms. The first-order valence-electron chi connectivity index (χ1n) is 9.34. The zero-order valence-corrected chi connectivity index (χ0v) is 15.7. The zero-order valence-electron chi connectivity index (χ0n) is 15.7. The fraction of sp³-hybridized carbons (Fsp3) is 0.167. The lowest BCUT2D eigenvalue weighted by molar-refractivity contribution is -0.121. The van der Waals surface area contributed by atoms with E-state index in [4.69, 9.17) is 4.74 Å². The van der Waals surface area contributed by atoms with Gasteiger partial charge in [0.1, 0.15) is 0 Å². The molecule has 0 bridgehead atoms. The van der Waals surface area contributed by atoms with Crippen molar-refractivity contribution in [3.05, 3.63) is 89.5 Å². The van der Waals surface area contributed by atoms with Crippen LogP contribution in [-0.4, -0.2) is 25.0 Å². The van der Waals surface area contributed by atoms with Gasteiger partial charge in [0.15, 0.2) is 6.61 Å². The average molecular weight is 371 g/mol. The highest BCUT2D eigenvalue weighted by Crippen LogP contribution is 2.27. The van der Waals surface area contributed by atoms with Gasteiger partial charge in [-0.25, -0.2) is 4.79 Å². The highest BCUT2D eigenvalue weighted by molar-refractivity contribution is 5.98. The van der Waals surface area contributed by atoms with E-state index >= 15 is 0 Å². The van der Waals surface area contributed by atoms with Gasteiger partial charge in [-0.3, -0.25) is 4.79 Å². The molecular weight excluding hydrogens is 350 g/mol. The molecule has 0 radical (unpaired) electrons. The number of fused-ring (bicyclic) bond motifs is 1. The van der Waals surface area contributed by atoms with E-state index in [1.54, 1.807) is 17.0 Å². The molecule has 3 aromatic rings. The molecule has 1 aliphatic heterocycles. The van der Waals surface area contributed by atoms with Gasteiger partial charge in [-0.1, -0.05) is 60.2 Å². The molecule has 0 spiro atoms. The predicted molar refractivity (Wildman–Crippen MR) is 109 cm³/mol. The second kappa shape index (κ2) is 7.69. The van der Waals surface area contributed by atoms with Crippen LogP contribution in [-0.2, 0) is 16.0 Å². The summed E-state index contributed by atoms with van der Waals surface area (Å²) in [6.45, 7) is 2.42. The maximum Gasteiger partial charge on any atom is 0.338 e. The number of para-hydroxylation sites is 1. The topological polar surface area (TPSA) is 46.6 Å². The van der Waals surface area contributed by atoms with Crippen LogP contribution < -0.4 is 4.90 Å². The van der Waals surface area contributed by atoms with Crippen LogP contribution in [0.25, 0.3) is 11.1 Å². The fourth-order valence-corrected chi connectivity index (χ4v) is 3.43. The largest absolute Gasteiger partial charge is 0.452 e. The average Bonchev–Trinajstić information content (AvgIpc) is 3.17. The lowest BCUT2D eigenvalue weighted by Gasteiger charge is -2.17. The summed E-state index contributed by atoms with van der Waals surface area (Å²) in [6.07, 6.45) is 0.830. The van der Waals surface area contributed by atoms with Gasteiger partial charge in [0.25, 0.3) is 5.91 Å². The summed E-state index contributed by atoms with van der Waals surface area (Å²) >= 11 is 0. The van der Waals surface area contributed by atoms with E-state index in [0.717, 1.165) is 28.8 Å². The van der Waals surface area contributed by atoms with Crippen molar-refractivity contribution >= 4 is 17.6 Å². The van der Waals surface area contributed by atoms with Crippen LogP contribution in [0.1, 0.15) is 21.5 Å². The number of amides is 1. The van der Waals surface area contributed by atoms with Crippen molar-refractivity contribution in [3.8, 4) is 11.1 Å². The van der Waals surface area contributed by atoms with Crippen LogP contribution in [0.2, 0.25) is 0 Å². The monoisotopic (exact) mass is 371 g/mol. The van der Waals surface area contributed by atoms with Crippen LogP contribution >= 0.6 is 0 Å². The number of esters is 1. The summed E-state index contributed by atoms with van der Waals surface area (Å²) in [6, 6.07) is 23.3.